The van der Waals surface area contributed by atoms with E-state index in [0.717, 1.165) is 10.4 Å². The number of thiophene rings is 1. The van der Waals surface area contributed by atoms with Gasteiger partial charge in [0.25, 0.3) is 5.91 Å². The van der Waals surface area contributed by atoms with Crippen LogP contribution in [-0.2, 0) is 11.3 Å². The molecule has 1 unspecified atom stereocenters. The molecule has 1 heterocycles. The summed E-state index contributed by atoms with van der Waals surface area (Å²) < 4.78 is 41.1. The fourth-order valence-corrected chi connectivity index (χ4v) is 3.61. The first-order valence-electron chi connectivity index (χ1n) is 8.65. The van der Waals surface area contributed by atoms with Crippen molar-refractivity contribution in [2.45, 2.75) is 18.8 Å². The van der Waals surface area contributed by atoms with Crippen molar-refractivity contribution in [3.05, 3.63) is 92.6 Å². The van der Waals surface area contributed by atoms with Crippen LogP contribution in [0.25, 0.3) is 0 Å². The van der Waals surface area contributed by atoms with Crippen molar-refractivity contribution in [1.29, 1.82) is 0 Å². The van der Waals surface area contributed by atoms with Crippen LogP contribution in [0.2, 0.25) is 5.02 Å². The van der Waals surface area contributed by atoms with Crippen molar-refractivity contribution in [3.8, 4) is 0 Å². The summed E-state index contributed by atoms with van der Waals surface area (Å²) >= 11 is 7.49. The molecule has 3 rings (SSSR count). The number of carbonyl (C=O) groups is 1. The Balaban J connectivity index is 1.69. The van der Waals surface area contributed by atoms with Gasteiger partial charge in [-0.1, -0.05) is 41.9 Å². The van der Waals surface area contributed by atoms with Crippen molar-refractivity contribution in [2.75, 3.05) is 6.61 Å². The van der Waals surface area contributed by atoms with E-state index in [0.29, 0.717) is 16.1 Å². The largest absolute Gasteiger partial charge is 0.411 e. The molecule has 0 aliphatic heterocycles. The molecule has 0 saturated carbocycles. The zero-order valence-electron chi connectivity index (χ0n) is 15.1. The maximum absolute atomic E-state index is 12.7. The number of carbonyl (C=O) groups excluding carboxylic acids is 1. The molecular formula is C21H17ClF3NO2S. The summed E-state index contributed by atoms with van der Waals surface area (Å²) in [4.78, 5) is 13.7. The first-order chi connectivity index (χ1) is 13.8. The average molecular weight is 440 g/mol. The minimum atomic E-state index is -4.36. The second kappa shape index (κ2) is 9.43. The second-order valence-electron chi connectivity index (χ2n) is 6.28. The molecule has 0 radical (unpaired) electrons. The van der Waals surface area contributed by atoms with Gasteiger partial charge < -0.3 is 10.1 Å². The lowest BCUT2D eigenvalue weighted by atomic mass is 10.0. The van der Waals surface area contributed by atoms with E-state index in [2.05, 4.69) is 10.1 Å². The molecule has 0 bridgehead atoms. The Labute approximate surface area is 175 Å². The van der Waals surface area contributed by atoms with E-state index in [1.54, 1.807) is 36.4 Å². The molecule has 3 aromatic rings. The molecule has 2 aromatic carbocycles. The molecule has 3 nitrogen and oxygen atoms in total. The van der Waals surface area contributed by atoms with Gasteiger partial charge in [0, 0.05) is 15.5 Å². The topological polar surface area (TPSA) is 38.3 Å². The lowest BCUT2D eigenvalue weighted by Gasteiger charge is -2.18. The minimum absolute atomic E-state index is 0.177. The lowest BCUT2D eigenvalue weighted by molar-refractivity contribution is -0.176. The van der Waals surface area contributed by atoms with E-state index in [1.807, 2.05) is 29.6 Å². The van der Waals surface area contributed by atoms with Crippen LogP contribution in [0.4, 0.5) is 13.2 Å². The highest BCUT2D eigenvalue weighted by Crippen LogP contribution is 2.27. The normalized spacial score (nSPS) is 12.6. The summed E-state index contributed by atoms with van der Waals surface area (Å²) in [6.45, 7) is -1.48. The SMILES string of the molecule is O=C(NC(c1ccc(Cl)cc1)c1cccs1)c1ccc(COCC(F)(F)F)cc1. The van der Waals surface area contributed by atoms with Crippen molar-refractivity contribution >= 4 is 28.8 Å². The van der Waals surface area contributed by atoms with E-state index >= 15 is 0 Å². The zero-order chi connectivity index (χ0) is 20.9. The number of alkyl halides is 3. The number of rotatable bonds is 7. The predicted octanol–water partition coefficient (Wildman–Crippen LogP) is 6.00. The van der Waals surface area contributed by atoms with Crippen LogP contribution in [0.5, 0.6) is 0 Å². The minimum Gasteiger partial charge on any atom is -0.367 e. The maximum Gasteiger partial charge on any atom is 0.411 e. The monoisotopic (exact) mass is 439 g/mol. The molecule has 0 spiro atoms. The fourth-order valence-electron chi connectivity index (χ4n) is 2.68. The van der Waals surface area contributed by atoms with Crippen LogP contribution in [0.15, 0.2) is 66.0 Å². The third-order valence-electron chi connectivity index (χ3n) is 4.06. The molecule has 1 aromatic heterocycles. The van der Waals surface area contributed by atoms with Crippen LogP contribution >= 0.6 is 22.9 Å². The van der Waals surface area contributed by atoms with Crippen molar-refractivity contribution in [1.82, 2.24) is 5.32 Å². The third kappa shape index (κ3) is 6.32. The standard InChI is InChI=1S/C21H17ClF3NO2S/c22-17-9-7-15(8-10-17)19(18-2-1-11-29-18)26-20(27)16-5-3-14(4-6-16)12-28-13-21(23,24)25/h1-11,19H,12-13H2,(H,26,27). The predicted molar refractivity (Wildman–Crippen MR) is 107 cm³/mol. The van der Waals surface area contributed by atoms with Gasteiger partial charge in [-0.05, 0) is 46.8 Å². The van der Waals surface area contributed by atoms with Crippen molar-refractivity contribution in [2.24, 2.45) is 0 Å². The molecule has 152 valence electrons. The number of hydrogen-bond donors (Lipinski definition) is 1. The van der Waals surface area contributed by atoms with Crippen molar-refractivity contribution in [3.63, 3.8) is 0 Å². The molecule has 8 heteroatoms. The highest BCUT2D eigenvalue weighted by molar-refractivity contribution is 7.10. The van der Waals surface area contributed by atoms with Gasteiger partial charge in [0.15, 0.2) is 0 Å². The molecule has 1 N–H and O–H groups in total. The van der Waals surface area contributed by atoms with Gasteiger partial charge in [-0.25, -0.2) is 0 Å². The highest BCUT2D eigenvalue weighted by Gasteiger charge is 2.27. The second-order valence-corrected chi connectivity index (χ2v) is 7.69. The quantitative estimate of drug-likeness (QED) is 0.490. The smallest absolute Gasteiger partial charge is 0.367 e. The zero-order valence-corrected chi connectivity index (χ0v) is 16.7. The Kier molecular flexibility index (Phi) is 6.95. The molecule has 0 aliphatic rings. The van der Waals surface area contributed by atoms with E-state index in [1.165, 1.54) is 11.3 Å². The molecule has 1 amide bonds. The Morgan fingerprint density at radius 3 is 2.34 bits per heavy atom. The number of hydrogen-bond acceptors (Lipinski definition) is 3. The fraction of sp³-hybridized carbons (Fsp3) is 0.190. The van der Waals surface area contributed by atoms with Crippen LogP contribution in [0.1, 0.15) is 32.4 Å². The molecular weight excluding hydrogens is 423 g/mol. The van der Waals surface area contributed by atoms with Crippen LogP contribution in [-0.4, -0.2) is 18.7 Å². The Morgan fingerprint density at radius 1 is 1.07 bits per heavy atom. The van der Waals surface area contributed by atoms with Crippen LogP contribution in [0, 0.1) is 0 Å². The molecule has 0 saturated heterocycles. The number of ether oxygens (including phenoxy) is 1. The number of benzene rings is 2. The lowest BCUT2D eigenvalue weighted by Crippen LogP contribution is -2.28. The Morgan fingerprint density at radius 2 is 1.76 bits per heavy atom. The maximum atomic E-state index is 12.7. The van der Waals surface area contributed by atoms with E-state index in [4.69, 9.17) is 11.6 Å². The van der Waals surface area contributed by atoms with E-state index in [-0.39, 0.29) is 18.6 Å². The molecule has 0 aliphatic carbocycles. The Bertz CT molecular complexity index is 926. The van der Waals surface area contributed by atoms with Gasteiger partial charge in [0.1, 0.15) is 6.61 Å². The molecule has 1 atom stereocenters. The number of halogens is 4. The molecule has 29 heavy (non-hydrogen) atoms. The summed E-state index contributed by atoms with van der Waals surface area (Å²) in [5.41, 5.74) is 1.85. The summed E-state index contributed by atoms with van der Waals surface area (Å²) in [5.74, 6) is -0.291. The first kappa shape index (κ1) is 21.4. The average Bonchev–Trinajstić information content (AvgIpc) is 3.21. The van der Waals surface area contributed by atoms with Crippen molar-refractivity contribution < 1.29 is 22.7 Å². The van der Waals surface area contributed by atoms with Gasteiger partial charge in [-0.15, -0.1) is 11.3 Å². The van der Waals surface area contributed by atoms with E-state index in [9.17, 15) is 18.0 Å². The van der Waals surface area contributed by atoms with Gasteiger partial charge in [-0.3, -0.25) is 4.79 Å². The van der Waals surface area contributed by atoms with Crippen LogP contribution < -0.4 is 5.32 Å². The van der Waals surface area contributed by atoms with Crippen LogP contribution in [0.3, 0.4) is 0 Å². The summed E-state index contributed by atoms with van der Waals surface area (Å²) in [6, 6.07) is 17.0. The highest BCUT2D eigenvalue weighted by atomic mass is 35.5. The van der Waals surface area contributed by atoms with Gasteiger partial charge >= 0.3 is 6.18 Å². The summed E-state index contributed by atoms with van der Waals surface area (Å²) in [5, 5.41) is 5.54. The first-order valence-corrected chi connectivity index (χ1v) is 9.91. The Hall–Kier alpha value is -2.35. The third-order valence-corrected chi connectivity index (χ3v) is 5.25. The summed E-state index contributed by atoms with van der Waals surface area (Å²) in [6.07, 6.45) is -4.36. The number of amides is 1. The van der Waals surface area contributed by atoms with Gasteiger partial charge in [0.2, 0.25) is 0 Å². The van der Waals surface area contributed by atoms with Gasteiger partial charge in [-0.2, -0.15) is 13.2 Å². The number of nitrogens with one attached hydrogen (secondary N) is 1. The van der Waals surface area contributed by atoms with Gasteiger partial charge in [0.05, 0.1) is 12.6 Å². The summed E-state index contributed by atoms with van der Waals surface area (Å²) in [7, 11) is 0. The molecule has 0 fully saturated rings. The van der Waals surface area contributed by atoms with E-state index < -0.39 is 12.8 Å².